The molecule has 1 aromatic rings. The maximum Gasteiger partial charge on any atom is 0.423 e. The summed E-state index contributed by atoms with van der Waals surface area (Å²) in [4.78, 5) is 9.00. The van der Waals surface area contributed by atoms with Crippen molar-refractivity contribution in [3.63, 3.8) is 0 Å². The van der Waals surface area contributed by atoms with Crippen LogP contribution in [0, 0.1) is 10.1 Å². The molecule has 0 saturated heterocycles. The summed E-state index contributed by atoms with van der Waals surface area (Å²) >= 11 is 5.26. The van der Waals surface area contributed by atoms with Gasteiger partial charge in [0.2, 0.25) is 5.75 Å². The fourth-order valence-electron chi connectivity index (χ4n) is 0.969. The Morgan fingerprint density at radius 1 is 1.40 bits per heavy atom. The van der Waals surface area contributed by atoms with Crippen LogP contribution in [-0.4, -0.2) is 10.0 Å². The minimum Gasteiger partial charge on any atom is -0.501 e. The molecule has 0 atom stereocenters. The van der Waals surface area contributed by atoms with Gasteiger partial charge in [-0.3, -0.25) is 10.1 Å². The predicted octanol–water partition coefficient (Wildman–Crippen LogP) is 2.97. The maximum atomic E-state index is 12.3. The second-order valence-electron chi connectivity index (χ2n) is 2.55. The van der Waals surface area contributed by atoms with Gasteiger partial charge < -0.3 is 5.11 Å². The van der Waals surface area contributed by atoms with E-state index in [1.165, 1.54) is 0 Å². The standard InChI is InChI=1S/C7H3ClF3NO3/c8-4-2-1-3(7(9,10)11)5(6(4)13)12(14)15/h1-2,13H. The van der Waals surface area contributed by atoms with E-state index in [-0.39, 0.29) is 0 Å². The number of phenols is 1. The Balaban J connectivity index is 3.55. The quantitative estimate of drug-likeness (QED) is 0.607. The molecule has 15 heavy (non-hydrogen) atoms. The number of hydrogen-bond acceptors (Lipinski definition) is 3. The molecule has 1 rings (SSSR count). The molecule has 0 aliphatic rings. The van der Waals surface area contributed by atoms with E-state index in [0.29, 0.717) is 6.07 Å². The summed E-state index contributed by atoms with van der Waals surface area (Å²) in [7, 11) is 0. The minimum absolute atomic E-state index is 0.445. The zero-order valence-corrected chi connectivity index (χ0v) is 7.63. The van der Waals surface area contributed by atoms with E-state index in [0.717, 1.165) is 6.07 Å². The summed E-state index contributed by atoms with van der Waals surface area (Å²) < 4.78 is 36.8. The Labute approximate surface area is 86.0 Å². The van der Waals surface area contributed by atoms with Gasteiger partial charge in [0.1, 0.15) is 5.56 Å². The molecule has 1 aromatic carbocycles. The predicted molar refractivity (Wildman–Crippen MR) is 44.8 cm³/mol. The molecule has 0 radical (unpaired) electrons. The average Bonchev–Trinajstić information content (AvgIpc) is 2.06. The van der Waals surface area contributed by atoms with Gasteiger partial charge in [-0.1, -0.05) is 11.6 Å². The molecule has 0 aliphatic heterocycles. The molecule has 8 heteroatoms. The number of benzene rings is 1. The van der Waals surface area contributed by atoms with Gasteiger partial charge in [0.15, 0.2) is 0 Å². The zero-order chi connectivity index (χ0) is 11.8. The summed E-state index contributed by atoms with van der Waals surface area (Å²) in [5, 5.41) is 18.9. The van der Waals surface area contributed by atoms with Gasteiger partial charge in [0, 0.05) is 0 Å². The largest absolute Gasteiger partial charge is 0.501 e. The molecule has 0 saturated carbocycles. The second kappa shape index (κ2) is 3.58. The highest BCUT2D eigenvalue weighted by Crippen LogP contribution is 2.43. The van der Waals surface area contributed by atoms with E-state index < -0.39 is 33.1 Å². The van der Waals surface area contributed by atoms with E-state index in [1.807, 2.05) is 0 Å². The number of nitrogens with zero attached hydrogens (tertiary/aromatic N) is 1. The lowest BCUT2D eigenvalue weighted by Crippen LogP contribution is -2.08. The highest BCUT2D eigenvalue weighted by molar-refractivity contribution is 6.32. The van der Waals surface area contributed by atoms with Crippen molar-refractivity contribution in [2.24, 2.45) is 0 Å². The number of aromatic hydroxyl groups is 1. The van der Waals surface area contributed by atoms with Crippen LogP contribution in [0.5, 0.6) is 5.75 Å². The first-order chi connectivity index (χ1) is 6.75. The lowest BCUT2D eigenvalue weighted by Gasteiger charge is -2.08. The summed E-state index contributed by atoms with van der Waals surface area (Å²) in [5.74, 6) is -1.18. The van der Waals surface area contributed by atoms with Gasteiger partial charge >= 0.3 is 11.9 Å². The molecule has 0 aromatic heterocycles. The lowest BCUT2D eigenvalue weighted by molar-refractivity contribution is -0.389. The fourth-order valence-corrected chi connectivity index (χ4v) is 1.12. The monoisotopic (exact) mass is 241 g/mol. The van der Waals surface area contributed by atoms with Crippen molar-refractivity contribution in [1.29, 1.82) is 0 Å². The molecule has 0 bridgehead atoms. The van der Waals surface area contributed by atoms with E-state index in [9.17, 15) is 23.3 Å². The first kappa shape index (κ1) is 11.6. The zero-order valence-electron chi connectivity index (χ0n) is 6.88. The number of hydrogen-bond donors (Lipinski definition) is 1. The van der Waals surface area contributed by atoms with Gasteiger partial charge in [-0.05, 0) is 12.1 Å². The molecule has 82 valence electrons. The fraction of sp³-hybridized carbons (Fsp3) is 0.143. The van der Waals surface area contributed by atoms with E-state index >= 15 is 0 Å². The van der Waals surface area contributed by atoms with Gasteiger partial charge in [0.25, 0.3) is 0 Å². The van der Waals surface area contributed by atoms with Crippen molar-refractivity contribution in [1.82, 2.24) is 0 Å². The molecule has 0 fully saturated rings. The van der Waals surface area contributed by atoms with Crippen molar-refractivity contribution >= 4 is 17.3 Å². The Hall–Kier alpha value is -1.50. The molecular weight excluding hydrogens is 239 g/mol. The third-order valence-electron chi connectivity index (χ3n) is 1.59. The molecule has 4 nitrogen and oxygen atoms in total. The highest BCUT2D eigenvalue weighted by Gasteiger charge is 2.40. The number of nitro benzene ring substituents is 1. The third-order valence-corrected chi connectivity index (χ3v) is 1.89. The van der Waals surface area contributed by atoms with Crippen molar-refractivity contribution in [2.75, 3.05) is 0 Å². The molecule has 0 heterocycles. The van der Waals surface area contributed by atoms with Crippen molar-refractivity contribution in [3.05, 3.63) is 32.8 Å². The van der Waals surface area contributed by atoms with Crippen LogP contribution in [0.25, 0.3) is 0 Å². The summed E-state index contributed by atoms with van der Waals surface area (Å²) in [6, 6.07) is 1.19. The normalized spacial score (nSPS) is 11.5. The van der Waals surface area contributed by atoms with E-state index in [4.69, 9.17) is 16.7 Å². The lowest BCUT2D eigenvalue weighted by atomic mass is 10.1. The van der Waals surface area contributed by atoms with Crippen LogP contribution in [0.4, 0.5) is 18.9 Å². The van der Waals surface area contributed by atoms with Gasteiger partial charge in [-0.2, -0.15) is 13.2 Å². The van der Waals surface area contributed by atoms with Gasteiger partial charge in [0.05, 0.1) is 9.95 Å². The van der Waals surface area contributed by atoms with Crippen LogP contribution in [-0.2, 0) is 6.18 Å². The number of halogens is 4. The topological polar surface area (TPSA) is 63.4 Å². The smallest absolute Gasteiger partial charge is 0.423 e. The van der Waals surface area contributed by atoms with E-state index in [1.54, 1.807) is 0 Å². The van der Waals surface area contributed by atoms with Crippen LogP contribution < -0.4 is 0 Å². The van der Waals surface area contributed by atoms with E-state index in [2.05, 4.69) is 0 Å². The SMILES string of the molecule is O=[N+]([O-])c1c(C(F)(F)F)ccc(Cl)c1O. The molecule has 0 unspecified atom stereocenters. The van der Waals surface area contributed by atoms with Crippen molar-refractivity contribution in [2.45, 2.75) is 6.18 Å². The van der Waals surface area contributed by atoms with Crippen molar-refractivity contribution in [3.8, 4) is 5.75 Å². The van der Waals surface area contributed by atoms with Crippen molar-refractivity contribution < 1.29 is 23.2 Å². The number of alkyl halides is 3. The number of rotatable bonds is 1. The van der Waals surface area contributed by atoms with Crippen LogP contribution in [0.15, 0.2) is 12.1 Å². The average molecular weight is 242 g/mol. The van der Waals surface area contributed by atoms with Crippen LogP contribution in [0.2, 0.25) is 5.02 Å². The maximum absolute atomic E-state index is 12.3. The molecular formula is C7H3ClF3NO3. The summed E-state index contributed by atoms with van der Waals surface area (Å²) in [6.07, 6.45) is -4.91. The number of nitro groups is 1. The third kappa shape index (κ3) is 2.12. The molecule has 1 N–H and O–H groups in total. The Morgan fingerprint density at radius 2 is 1.93 bits per heavy atom. The molecule has 0 aliphatic carbocycles. The van der Waals surface area contributed by atoms with Gasteiger partial charge in [-0.15, -0.1) is 0 Å². The Morgan fingerprint density at radius 3 is 2.33 bits per heavy atom. The Kier molecular flexibility index (Phi) is 2.76. The summed E-state index contributed by atoms with van der Waals surface area (Å²) in [5.41, 5.74) is -2.97. The number of phenolic OH excluding ortho intramolecular Hbond substituents is 1. The highest BCUT2D eigenvalue weighted by atomic mass is 35.5. The van der Waals surface area contributed by atoms with Crippen LogP contribution in [0.3, 0.4) is 0 Å². The minimum atomic E-state index is -4.91. The van der Waals surface area contributed by atoms with Crippen LogP contribution >= 0.6 is 11.6 Å². The van der Waals surface area contributed by atoms with Crippen LogP contribution in [0.1, 0.15) is 5.56 Å². The van der Waals surface area contributed by atoms with Gasteiger partial charge in [-0.25, -0.2) is 0 Å². The first-order valence-corrected chi connectivity index (χ1v) is 3.86. The summed E-state index contributed by atoms with van der Waals surface area (Å²) in [6.45, 7) is 0. The Bertz CT molecular complexity index is 419. The molecule has 0 amide bonds. The molecule has 0 spiro atoms. The first-order valence-electron chi connectivity index (χ1n) is 3.48. The second-order valence-corrected chi connectivity index (χ2v) is 2.95.